The Kier molecular flexibility index (Phi) is 6.19. The first-order valence-electron chi connectivity index (χ1n) is 8.30. The van der Waals surface area contributed by atoms with Crippen molar-refractivity contribution < 1.29 is 4.39 Å². The maximum atomic E-state index is 14.4. The van der Waals surface area contributed by atoms with Gasteiger partial charge in [0.25, 0.3) is 0 Å². The zero-order chi connectivity index (χ0) is 15.2. The summed E-state index contributed by atoms with van der Waals surface area (Å²) in [5, 5.41) is 3.54. The van der Waals surface area contributed by atoms with Gasteiger partial charge in [-0.15, -0.1) is 0 Å². The van der Waals surface area contributed by atoms with Crippen LogP contribution in [0.3, 0.4) is 0 Å². The van der Waals surface area contributed by atoms with Gasteiger partial charge in [-0.05, 0) is 64.9 Å². The molecular weight excluding hydrogens is 263 g/mol. The van der Waals surface area contributed by atoms with E-state index in [4.69, 9.17) is 0 Å². The summed E-state index contributed by atoms with van der Waals surface area (Å²) in [4.78, 5) is 2.35. The molecule has 0 radical (unpaired) electrons. The smallest absolute Gasteiger partial charge is 0.128 e. The van der Waals surface area contributed by atoms with Crippen LogP contribution in [0.4, 0.5) is 4.39 Å². The highest BCUT2D eigenvalue weighted by atomic mass is 19.1. The molecule has 0 aromatic heterocycles. The molecule has 1 aromatic carbocycles. The van der Waals surface area contributed by atoms with Gasteiger partial charge >= 0.3 is 0 Å². The number of benzene rings is 1. The predicted molar refractivity (Wildman–Crippen MR) is 87.0 cm³/mol. The molecule has 2 unspecified atom stereocenters. The Morgan fingerprint density at radius 1 is 1.33 bits per heavy atom. The number of halogens is 1. The van der Waals surface area contributed by atoms with E-state index >= 15 is 0 Å². The van der Waals surface area contributed by atoms with Crippen LogP contribution in [0.2, 0.25) is 0 Å². The highest BCUT2D eigenvalue weighted by Crippen LogP contribution is 2.35. The summed E-state index contributed by atoms with van der Waals surface area (Å²) in [7, 11) is 2.14. The van der Waals surface area contributed by atoms with Crippen LogP contribution in [0.5, 0.6) is 0 Å². The van der Waals surface area contributed by atoms with Crippen LogP contribution in [0.15, 0.2) is 18.2 Å². The van der Waals surface area contributed by atoms with Gasteiger partial charge < -0.3 is 5.32 Å². The van der Waals surface area contributed by atoms with E-state index in [1.165, 1.54) is 19.3 Å². The van der Waals surface area contributed by atoms with Crippen LogP contribution in [-0.4, -0.2) is 31.6 Å². The third-order valence-corrected chi connectivity index (χ3v) is 4.56. The van der Waals surface area contributed by atoms with Gasteiger partial charge in [-0.1, -0.05) is 31.0 Å². The minimum Gasteiger partial charge on any atom is -0.316 e. The molecule has 3 heteroatoms. The van der Waals surface area contributed by atoms with Crippen LogP contribution < -0.4 is 5.32 Å². The summed E-state index contributed by atoms with van der Waals surface area (Å²) >= 11 is 0. The summed E-state index contributed by atoms with van der Waals surface area (Å²) in [6.45, 7) is 7.32. The van der Waals surface area contributed by atoms with Gasteiger partial charge in [0, 0.05) is 11.6 Å². The number of hydrogen-bond acceptors (Lipinski definition) is 2. The second-order valence-electron chi connectivity index (χ2n) is 6.41. The zero-order valence-corrected chi connectivity index (χ0v) is 13.7. The van der Waals surface area contributed by atoms with Crippen LogP contribution in [0.1, 0.15) is 49.8 Å². The highest BCUT2D eigenvalue weighted by Gasteiger charge is 2.30. The van der Waals surface area contributed by atoms with Gasteiger partial charge in [0.05, 0.1) is 0 Å². The summed E-state index contributed by atoms with van der Waals surface area (Å²) in [5.74, 6) is 0.431. The molecule has 2 rings (SSSR count). The van der Waals surface area contributed by atoms with Crippen molar-refractivity contribution in [2.75, 3.05) is 26.7 Å². The fraction of sp³-hybridized carbons (Fsp3) is 0.667. The summed E-state index contributed by atoms with van der Waals surface area (Å²) < 4.78 is 14.4. The van der Waals surface area contributed by atoms with Gasteiger partial charge in [-0.3, -0.25) is 4.90 Å². The lowest BCUT2D eigenvalue weighted by molar-refractivity contribution is 0.184. The fourth-order valence-corrected chi connectivity index (χ4v) is 3.48. The van der Waals surface area contributed by atoms with Crippen molar-refractivity contribution in [2.24, 2.45) is 5.92 Å². The Labute approximate surface area is 128 Å². The molecule has 2 atom stereocenters. The molecule has 1 aliphatic rings. The molecule has 0 saturated carbocycles. The largest absolute Gasteiger partial charge is 0.316 e. The quantitative estimate of drug-likeness (QED) is 0.828. The number of aryl methyl sites for hydroxylation is 1. The second-order valence-corrected chi connectivity index (χ2v) is 6.41. The van der Waals surface area contributed by atoms with Crippen LogP contribution in [-0.2, 0) is 0 Å². The number of rotatable bonds is 5. The molecule has 0 amide bonds. The fourth-order valence-electron chi connectivity index (χ4n) is 3.48. The first kappa shape index (κ1) is 16.4. The third-order valence-electron chi connectivity index (χ3n) is 4.56. The number of nitrogens with one attached hydrogen (secondary N) is 1. The highest BCUT2D eigenvalue weighted by molar-refractivity contribution is 5.27. The van der Waals surface area contributed by atoms with E-state index in [2.05, 4.69) is 24.2 Å². The Balaban J connectivity index is 2.25. The minimum absolute atomic E-state index is 0.0557. The van der Waals surface area contributed by atoms with Gasteiger partial charge in [0.1, 0.15) is 5.82 Å². The first-order valence-corrected chi connectivity index (χ1v) is 8.30. The van der Waals surface area contributed by atoms with Crippen LogP contribution >= 0.6 is 0 Å². The molecule has 0 spiro atoms. The SMILES string of the molecule is CCCNCC1CCCCN(C)C1c1cc(C)ccc1F. The van der Waals surface area contributed by atoms with E-state index in [-0.39, 0.29) is 11.9 Å². The molecule has 1 saturated heterocycles. The lowest BCUT2D eigenvalue weighted by Gasteiger charge is -2.33. The third kappa shape index (κ3) is 4.27. The maximum Gasteiger partial charge on any atom is 0.128 e. The van der Waals surface area contributed by atoms with E-state index in [1.54, 1.807) is 6.07 Å². The number of nitrogens with zero attached hydrogens (tertiary/aromatic N) is 1. The van der Waals surface area contributed by atoms with E-state index < -0.39 is 0 Å². The summed E-state index contributed by atoms with van der Waals surface area (Å²) in [6.07, 6.45) is 4.78. The van der Waals surface area contributed by atoms with E-state index in [1.807, 2.05) is 19.1 Å². The predicted octanol–water partition coefficient (Wildman–Crippen LogP) is 3.91. The molecule has 2 nitrogen and oxygen atoms in total. The van der Waals surface area contributed by atoms with Crippen molar-refractivity contribution in [1.82, 2.24) is 10.2 Å². The molecule has 1 aromatic rings. The van der Waals surface area contributed by atoms with Crippen molar-refractivity contribution in [3.63, 3.8) is 0 Å². The lowest BCUT2D eigenvalue weighted by Crippen LogP contribution is -2.35. The topological polar surface area (TPSA) is 15.3 Å². The average molecular weight is 292 g/mol. The average Bonchev–Trinajstić information content (AvgIpc) is 2.64. The Hall–Kier alpha value is -0.930. The van der Waals surface area contributed by atoms with E-state index in [0.717, 1.165) is 37.2 Å². The molecule has 1 aliphatic heterocycles. The van der Waals surface area contributed by atoms with Crippen LogP contribution in [0, 0.1) is 18.7 Å². The number of hydrogen-bond donors (Lipinski definition) is 1. The van der Waals surface area contributed by atoms with Crippen LogP contribution in [0.25, 0.3) is 0 Å². The summed E-state index contributed by atoms with van der Waals surface area (Å²) in [5.41, 5.74) is 2.02. The zero-order valence-electron chi connectivity index (χ0n) is 13.7. The molecule has 118 valence electrons. The van der Waals surface area contributed by atoms with Crippen molar-refractivity contribution in [2.45, 2.75) is 45.6 Å². The monoisotopic (exact) mass is 292 g/mol. The van der Waals surface area contributed by atoms with Gasteiger partial charge in [0.15, 0.2) is 0 Å². The maximum absolute atomic E-state index is 14.4. The van der Waals surface area contributed by atoms with Crippen molar-refractivity contribution in [1.29, 1.82) is 0 Å². The van der Waals surface area contributed by atoms with Gasteiger partial charge in [-0.2, -0.15) is 0 Å². The second kappa shape index (κ2) is 7.90. The van der Waals surface area contributed by atoms with E-state index in [0.29, 0.717) is 5.92 Å². The molecule has 0 bridgehead atoms. The molecule has 21 heavy (non-hydrogen) atoms. The van der Waals surface area contributed by atoms with Gasteiger partial charge in [0.2, 0.25) is 0 Å². The summed E-state index contributed by atoms with van der Waals surface area (Å²) in [6, 6.07) is 5.71. The van der Waals surface area contributed by atoms with Crippen molar-refractivity contribution in [3.05, 3.63) is 35.1 Å². The Bertz CT molecular complexity index is 447. The molecule has 1 heterocycles. The Morgan fingerprint density at radius 3 is 2.90 bits per heavy atom. The molecule has 1 fully saturated rings. The molecule has 0 aliphatic carbocycles. The minimum atomic E-state index is -0.0557. The Morgan fingerprint density at radius 2 is 2.14 bits per heavy atom. The van der Waals surface area contributed by atoms with E-state index in [9.17, 15) is 4.39 Å². The normalized spacial score (nSPS) is 24.0. The molecular formula is C18H29FN2. The van der Waals surface area contributed by atoms with Gasteiger partial charge in [-0.25, -0.2) is 4.39 Å². The molecule has 1 N–H and O–H groups in total. The lowest BCUT2D eigenvalue weighted by atomic mass is 9.88. The standard InChI is InChI=1S/C18H29FN2/c1-4-10-20-13-15-7-5-6-11-21(3)18(15)16-12-14(2)8-9-17(16)19/h8-9,12,15,18,20H,4-7,10-11,13H2,1-3H3. The van der Waals surface area contributed by atoms with Crippen molar-refractivity contribution >= 4 is 0 Å². The first-order chi connectivity index (χ1) is 10.1. The number of likely N-dealkylation sites (tertiary alicyclic amines) is 1. The van der Waals surface area contributed by atoms with Crippen molar-refractivity contribution in [3.8, 4) is 0 Å².